The molecule has 0 aliphatic carbocycles. The molecule has 1 aromatic heterocycles. The van der Waals surface area contributed by atoms with Gasteiger partial charge < -0.3 is 25.3 Å². The number of pyridine rings is 1. The molecule has 27 heavy (non-hydrogen) atoms. The van der Waals surface area contributed by atoms with Crippen LogP contribution >= 0.6 is 34.8 Å². The Morgan fingerprint density at radius 1 is 1.07 bits per heavy atom. The second-order valence-electron chi connectivity index (χ2n) is 5.02. The van der Waals surface area contributed by atoms with Crippen LogP contribution in [0.15, 0.2) is 18.2 Å². The highest BCUT2D eigenvalue weighted by atomic mass is 35.5. The number of benzene rings is 1. The number of nitrogen functional groups attached to an aromatic ring is 1. The lowest BCUT2D eigenvalue weighted by Gasteiger charge is -2.11. The number of anilines is 2. The minimum atomic E-state index is -0.983. The molecule has 0 saturated heterocycles. The maximum Gasteiger partial charge on any atom is 0.359 e. The number of ether oxygens (including phenoxy) is 3. The normalized spacial score (nSPS) is 10.3. The topological polar surface area (TPSA) is 113 Å². The molecule has 0 fully saturated rings. The number of carbonyl (C=O) groups excluding carboxylic acids is 2. The molecule has 11 heteroatoms. The molecule has 8 nitrogen and oxygen atoms in total. The van der Waals surface area contributed by atoms with Crippen LogP contribution in [0.5, 0.6) is 11.5 Å². The van der Waals surface area contributed by atoms with Gasteiger partial charge in [-0.05, 0) is 0 Å². The summed E-state index contributed by atoms with van der Waals surface area (Å²) in [5.74, 6) is -0.640. The molecular weight excluding hydrogens is 421 g/mol. The minimum absolute atomic E-state index is 0.0806. The van der Waals surface area contributed by atoms with Gasteiger partial charge in [0.25, 0.3) is 5.91 Å². The van der Waals surface area contributed by atoms with Crippen molar-refractivity contribution in [1.82, 2.24) is 4.98 Å². The Morgan fingerprint density at radius 3 is 2.22 bits per heavy atom. The molecule has 2 rings (SSSR count). The predicted molar refractivity (Wildman–Crippen MR) is 102 cm³/mol. The van der Waals surface area contributed by atoms with E-state index in [4.69, 9.17) is 54.7 Å². The van der Waals surface area contributed by atoms with Crippen molar-refractivity contribution < 1.29 is 23.8 Å². The smallest absolute Gasteiger partial charge is 0.359 e. The second kappa shape index (κ2) is 8.98. The van der Waals surface area contributed by atoms with E-state index in [0.29, 0.717) is 17.2 Å². The highest BCUT2D eigenvalue weighted by molar-refractivity contribution is 6.46. The van der Waals surface area contributed by atoms with Crippen molar-refractivity contribution in [3.63, 3.8) is 0 Å². The number of carbonyl (C=O) groups is 2. The Kier molecular flexibility index (Phi) is 6.95. The zero-order valence-corrected chi connectivity index (χ0v) is 16.4. The molecule has 144 valence electrons. The quantitative estimate of drug-likeness (QED) is 0.529. The van der Waals surface area contributed by atoms with Crippen molar-refractivity contribution in [2.75, 3.05) is 31.9 Å². The maximum absolute atomic E-state index is 12.1. The summed E-state index contributed by atoms with van der Waals surface area (Å²) in [5.41, 5.74) is 5.57. The Morgan fingerprint density at radius 2 is 1.67 bits per heavy atom. The van der Waals surface area contributed by atoms with E-state index in [-0.39, 0.29) is 26.6 Å². The van der Waals surface area contributed by atoms with Gasteiger partial charge in [-0.1, -0.05) is 34.8 Å². The van der Waals surface area contributed by atoms with Crippen LogP contribution in [0, 0.1) is 0 Å². The van der Waals surface area contributed by atoms with E-state index in [1.165, 1.54) is 14.2 Å². The third-order valence-electron chi connectivity index (χ3n) is 3.23. The summed E-state index contributed by atoms with van der Waals surface area (Å²) in [6.07, 6.45) is 0. The van der Waals surface area contributed by atoms with Crippen LogP contribution in [-0.4, -0.2) is 37.7 Å². The number of hydrogen-bond acceptors (Lipinski definition) is 7. The third kappa shape index (κ3) is 5.06. The number of rotatable bonds is 6. The predicted octanol–water partition coefficient (Wildman–Crippen LogP) is 3.44. The van der Waals surface area contributed by atoms with Crippen molar-refractivity contribution in [2.24, 2.45) is 0 Å². The van der Waals surface area contributed by atoms with E-state index < -0.39 is 18.5 Å². The van der Waals surface area contributed by atoms with Crippen molar-refractivity contribution in [3.8, 4) is 11.5 Å². The number of hydrogen-bond donors (Lipinski definition) is 2. The van der Waals surface area contributed by atoms with Gasteiger partial charge in [0.1, 0.15) is 16.5 Å². The van der Waals surface area contributed by atoms with Crippen molar-refractivity contribution in [3.05, 3.63) is 39.1 Å². The van der Waals surface area contributed by atoms with E-state index in [2.05, 4.69) is 10.3 Å². The SMILES string of the molecule is COc1cc(NC(=O)COC(=O)c2nc(Cl)c(Cl)c(N)c2Cl)cc(OC)c1. The fourth-order valence-corrected chi connectivity index (χ4v) is 2.53. The number of esters is 1. The first-order valence-corrected chi connectivity index (χ1v) is 8.40. The molecule has 0 unspecified atom stereocenters. The zero-order valence-electron chi connectivity index (χ0n) is 14.1. The first-order chi connectivity index (χ1) is 12.8. The van der Waals surface area contributed by atoms with Crippen molar-refractivity contribution in [1.29, 1.82) is 0 Å². The van der Waals surface area contributed by atoms with E-state index in [0.717, 1.165) is 0 Å². The van der Waals surface area contributed by atoms with Crippen LogP contribution in [0.4, 0.5) is 11.4 Å². The van der Waals surface area contributed by atoms with E-state index in [1.54, 1.807) is 18.2 Å². The summed E-state index contributed by atoms with van der Waals surface area (Å²) >= 11 is 17.5. The van der Waals surface area contributed by atoms with E-state index in [1.807, 2.05) is 0 Å². The molecule has 1 heterocycles. The standard InChI is InChI=1S/C16H14Cl3N3O5/c1-25-8-3-7(4-9(5-8)26-2)21-10(23)6-27-16(24)14-11(17)13(20)12(18)15(19)22-14/h3-5H,6H2,1-2H3,(H2,20,22)(H,21,23). The van der Waals surface area contributed by atoms with Crippen LogP contribution < -0.4 is 20.5 Å². The summed E-state index contributed by atoms with van der Waals surface area (Å²) in [7, 11) is 2.95. The van der Waals surface area contributed by atoms with Crippen LogP contribution in [0.3, 0.4) is 0 Å². The highest BCUT2D eigenvalue weighted by Crippen LogP contribution is 2.34. The average molecular weight is 435 g/mol. The molecule has 0 saturated carbocycles. The minimum Gasteiger partial charge on any atom is -0.497 e. The Balaban J connectivity index is 2.05. The molecule has 3 N–H and O–H groups in total. The first-order valence-electron chi connectivity index (χ1n) is 7.26. The molecule has 1 aromatic carbocycles. The molecule has 0 aliphatic heterocycles. The van der Waals surface area contributed by atoms with Gasteiger partial charge >= 0.3 is 5.97 Å². The van der Waals surface area contributed by atoms with Crippen LogP contribution in [-0.2, 0) is 9.53 Å². The Labute approximate surface area is 169 Å². The number of methoxy groups -OCH3 is 2. The number of halogens is 3. The lowest BCUT2D eigenvalue weighted by atomic mass is 10.2. The zero-order chi connectivity index (χ0) is 20.1. The Hall–Kier alpha value is -2.42. The number of nitrogens with zero attached hydrogens (tertiary/aromatic N) is 1. The van der Waals surface area contributed by atoms with E-state index >= 15 is 0 Å². The largest absolute Gasteiger partial charge is 0.497 e. The van der Waals surface area contributed by atoms with Crippen LogP contribution in [0.1, 0.15) is 10.5 Å². The lowest BCUT2D eigenvalue weighted by Crippen LogP contribution is -2.21. The molecule has 0 radical (unpaired) electrons. The van der Waals surface area contributed by atoms with E-state index in [9.17, 15) is 9.59 Å². The lowest BCUT2D eigenvalue weighted by molar-refractivity contribution is -0.119. The number of nitrogens with one attached hydrogen (secondary N) is 1. The summed E-state index contributed by atoms with van der Waals surface area (Å²) < 4.78 is 15.1. The van der Waals surface area contributed by atoms with Gasteiger partial charge in [-0.25, -0.2) is 9.78 Å². The Bertz CT molecular complexity index is 870. The van der Waals surface area contributed by atoms with Gasteiger partial charge in [0.15, 0.2) is 17.5 Å². The van der Waals surface area contributed by atoms with Gasteiger partial charge in [-0.15, -0.1) is 0 Å². The summed E-state index contributed by atoms with van der Waals surface area (Å²) in [6.45, 7) is -0.601. The van der Waals surface area contributed by atoms with Gasteiger partial charge in [-0.3, -0.25) is 4.79 Å². The molecule has 0 spiro atoms. The van der Waals surface area contributed by atoms with Crippen LogP contribution in [0.2, 0.25) is 15.2 Å². The molecular formula is C16H14Cl3N3O5. The first kappa shape index (κ1) is 20.9. The van der Waals surface area contributed by atoms with Crippen molar-refractivity contribution >= 4 is 58.1 Å². The second-order valence-corrected chi connectivity index (χ2v) is 6.13. The van der Waals surface area contributed by atoms with Crippen molar-refractivity contribution in [2.45, 2.75) is 0 Å². The number of nitrogens with two attached hydrogens (primary N) is 1. The van der Waals surface area contributed by atoms with Gasteiger partial charge in [0, 0.05) is 23.9 Å². The number of aromatic nitrogens is 1. The van der Waals surface area contributed by atoms with Gasteiger partial charge in [-0.2, -0.15) is 0 Å². The number of amides is 1. The molecule has 1 amide bonds. The molecule has 0 atom stereocenters. The van der Waals surface area contributed by atoms with Crippen LogP contribution in [0.25, 0.3) is 0 Å². The molecule has 2 aromatic rings. The highest BCUT2D eigenvalue weighted by Gasteiger charge is 2.21. The summed E-state index contributed by atoms with van der Waals surface area (Å²) in [5, 5.41) is 2.04. The monoisotopic (exact) mass is 433 g/mol. The van der Waals surface area contributed by atoms with Gasteiger partial charge in [0.05, 0.1) is 24.9 Å². The molecule has 0 bridgehead atoms. The third-order valence-corrected chi connectivity index (χ3v) is 4.37. The maximum atomic E-state index is 12.1. The fourth-order valence-electron chi connectivity index (χ4n) is 1.94. The average Bonchev–Trinajstić information content (AvgIpc) is 2.66. The summed E-state index contributed by atoms with van der Waals surface area (Å²) in [4.78, 5) is 27.8. The molecule has 0 aliphatic rings. The summed E-state index contributed by atoms with van der Waals surface area (Å²) in [6, 6.07) is 4.78. The van der Waals surface area contributed by atoms with Gasteiger partial charge in [0.2, 0.25) is 0 Å². The fraction of sp³-hybridized carbons (Fsp3) is 0.188.